The van der Waals surface area contributed by atoms with Gasteiger partial charge in [-0.05, 0) is 36.8 Å². The van der Waals surface area contributed by atoms with Gasteiger partial charge in [0, 0.05) is 6.20 Å². The number of anilines is 1. The average molecular weight is 277 g/mol. The molecule has 2 N–H and O–H groups in total. The maximum absolute atomic E-state index is 13.1. The van der Waals surface area contributed by atoms with Gasteiger partial charge >= 0.3 is 0 Å². The van der Waals surface area contributed by atoms with E-state index in [4.69, 9.17) is 17.3 Å². The first-order valence-electron chi connectivity index (χ1n) is 5.63. The van der Waals surface area contributed by atoms with Crippen molar-refractivity contribution in [3.63, 3.8) is 0 Å². The molecule has 0 spiro atoms. The van der Waals surface area contributed by atoms with Crippen LogP contribution in [0.15, 0.2) is 30.5 Å². The monoisotopic (exact) mass is 276 g/mol. The summed E-state index contributed by atoms with van der Waals surface area (Å²) in [4.78, 5) is 8.55. The number of aryl methyl sites for hydroxylation is 1. The van der Waals surface area contributed by atoms with E-state index in [2.05, 4.69) is 9.97 Å². The van der Waals surface area contributed by atoms with E-state index in [9.17, 15) is 4.39 Å². The molecular formula is C13H10ClFN4. The quantitative estimate of drug-likeness (QED) is 0.743. The standard InChI is InChI=1S/C13H10ClFN4/c1-7-4-5-17-12-11(7)18-13(16)19(12)10-3-2-8(15)6-9(10)14/h2-6H,1H3,(H2,16,18). The van der Waals surface area contributed by atoms with Crippen LogP contribution in [-0.2, 0) is 0 Å². The highest BCUT2D eigenvalue weighted by atomic mass is 35.5. The van der Waals surface area contributed by atoms with Crippen molar-refractivity contribution in [1.29, 1.82) is 0 Å². The van der Waals surface area contributed by atoms with Crippen molar-refractivity contribution >= 4 is 28.7 Å². The third-order valence-corrected chi connectivity index (χ3v) is 3.23. The lowest BCUT2D eigenvalue weighted by atomic mass is 10.2. The molecule has 0 aliphatic rings. The van der Waals surface area contributed by atoms with Crippen molar-refractivity contribution in [3.05, 3.63) is 46.9 Å². The van der Waals surface area contributed by atoms with Crippen molar-refractivity contribution in [2.45, 2.75) is 6.92 Å². The van der Waals surface area contributed by atoms with Crippen molar-refractivity contribution in [2.75, 3.05) is 5.73 Å². The van der Waals surface area contributed by atoms with Crippen molar-refractivity contribution in [3.8, 4) is 5.69 Å². The molecule has 4 nitrogen and oxygen atoms in total. The molecule has 19 heavy (non-hydrogen) atoms. The lowest BCUT2D eigenvalue weighted by Gasteiger charge is -2.08. The minimum Gasteiger partial charge on any atom is -0.369 e. The third kappa shape index (κ3) is 1.82. The normalized spacial score (nSPS) is 11.1. The SMILES string of the molecule is Cc1ccnc2c1nc(N)n2-c1ccc(F)cc1Cl. The summed E-state index contributed by atoms with van der Waals surface area (Å²) in [5.41, 5.74) is 8.76. The fourth-order valence-electron chi connectivity index (χ4n) is 2.01. The number of hydrogen-bond acceptors (Lipinski definition) is 3. The number of pyridine rings is 1. The molecule has 1 aromatic carbocycles. The summed E-state index contributed by atoms with van der Waals surface area (Å²) in [6, 6.07) is 5.96. The highest BCUT2D eigenvalue weighted by Gasteiger charge is 2.15. The Kier molecular flexibility index (Phi) is 2.64. The lowest BCUT2D eigenvalue weighted by Crippen LogP contribution is -2.02. The smallest absolute Gasteiger partial charge is 0.207 e. The van der Waals surface area contributed by atoms with Crippen molar-refractivity contribution < 1.29 is 4.39 Å². The Hall–Kier alpha value is -2.14. The zero-order valence-corrected chi connectivity index (χ0v) is 10.8. The Bertz CT molecular complexity index is 782. The van der Waals surface area contributed by atoms with Gasteiger partial charge in [0.25, 0.3) is 0 Å². The van der Waals surface area contributed by atoms with Crippen LogP contribution in [-0.4, -0.2) is 14.5 Å². The molecule has 3 rings (SSSR count). The molecule has 0 radical (unpaired) electrons. The first-order chi connectivity index (χ1) is 9.08. The third-order valence-electron chi connectivity index (χ3n) is 2.92. The first-order valence-corrected chi connectivity index (χ1v) is 6.00. The molecule has 0 fully saturated rings. The van der Waals surface area contributed by atoms with Gasteiger partial charge in [-0.3, -0.25) is 4.57 Å². The number of halogens is 2. The van der Waals surface area contributed by atoms with Crippen LogP contribution in [0.3, 0.4) is 0 Å². The average Bonchev–Trinajstić information content (AvgIpc) is 2.68. The Morgan fingerprint density at radius 1 is 1.32 bits per heavy atom. The molecule has 0 bridgehead atoms. The molecule has 6 heteroatoms. The molecule has 0 saturated carbocycles. The van der Waals surface area contributed by atoms with E-state index in [1.165, 1.54) is 12.1 Å². The number of benzene rings is 1. The van der Waals surface area contributed by atoms with Crippen LogP contribution < -0.4 is 5.73 Å². The van der Waals surface area contributed by atoms with E-state index < -0.39 is 5.82 Å². The number of imidazole rings is 1. The second-order valence-corrected chi connectivity index (χ2v) is 4.61. The largest absolute Gasteiger partial charge is 0.369 e. The second kappa shape index (κ2) is 4.20. The fraction of sp³-hybridized carbons (Fsp3) is 0.0769. The first kappa shape index (κ1) is 11.9. The van der Waals surface area contributed by atoms with Gasteiger partial charge in [-0.15, -0.1) is 0 Å². The Balaban J connectivity index is 2.36. The van der Waals surface area contributed by atoms with E-state index in [1.54, 1.807) is 16.8 Å². The van der Waals surface area contributed by atoms with Crippen LogP contribution in [0.5, 0.6) is 0 Å². The zero-order chi connectivity index (χ0) is 13.6. The van der Waals surface area contributed by atoms with E-state index in [0.717, 1.165) is 5.56 Å². The highest BCUT2D eigenvalue weighted by molar-refractivity contribution is 6.32. The molecule has 0 saturated heterocycles. The van der Waals surface area contributed by atoms with Gasteiger partial charge in [0.15, 0.2) is 5.65 Å². The lowest BCUT2D eigenvalue weighted by molar-refractivity contribution is 0.627. The molecule has 2 aromatic heterocycles. The molecule has 2 heterocycles. The van der Waals surface area contributed by atoms with E-state index in [1.807, 2.05) is 13.0 Å². The van der Waals surface area contributed by atoms with E-state index >= 15 is 0 Å². The van der Waals surface area contributed by atoms with Crippen LogP contribution in [0, 0.1) is 12.7 Å². The summed E-state index contributed by atoms with van der Waals surface area (Å²) in [6.45, 7) is 1.92. The van der Waals surface area contributed by atoms with Crippen LogP contribution >= 0.6 is 11.6 Å². The van der Waals surface area contributed by atoms with Crippen molar-refractivity contribution in [2.24, 2.45) is 0 Å². The second-order valence-electron chi connectivity index (χ2n) is 4.20. The molecule has 0 aliphatic carbocycles. The number of rotatable bonds is 1. The molecular weight excluding hydrogens is 267 g/mol. The number of fused-ring (bicyclic) bond motifs is 1. The highest BCUT2D eigenvalue weighted by Crippen LogP contribution is 2.28. The predicted molar refractivity (Wildman–Crippen MR) is 73.0 cm³/mol. The molecule has 0 aliphatic heterocycles. The van der Waals surface area contributed by atoms with Crippen LogP contribution in [0.2, 0.25) is 5.02 Å². The fourth-order valence-corrected chi connectivity index (χ4v) is 2.26. The maximum Gasteiger partial charge on any atom is 0.207 e. The van der Waals surface area contributed by atoms with Gasteiger partial charge in [0.05, 0.1) is 10.7 Å². The van der Waals surface area contributed by atoms with Gasteiger partial charge in [-0.25, -0.2) is 14.4 Å². The van der Waals surface area contributed by atoms with Crippen LogP contribution in [0.1, 0.15) is 5.56 Å². The van der Waals surface area contributed by atoms with Crippen LogP contribution in [0.25, 0.3) is 16.9 Å². The van der Waals surface area contributed by atoms with Gasteiger partial charge < -0.3 is 5.73 Å². The topological polar surface area (TPSA) is 56.7 Å². The minimum atomic E-state index is -0.402. The molecule has 0 atom stereocenters. The van der Waals surface area contributed by atoms with E-state index in [-0.39, 0.29) is 11.0 Å². The Morgan fingerprint density at radius 3 is 2.84 bits per heavy atom. The van der Waals surface area contributed by atoms with Gasteiger partial charge in [-0.1, -0.05) is 11.6 Å². The number of nitrogens with two attached hydrogens (primary N) is 1. The summed E-state index contributed by atoms with van der Waals surface area (Å²) < 4.78 is 14.7. The zero-order valence-electron chi connectivity index (χ0n) is 10.1. The summed E-state index contributed by atoms with van der Waals surface area (Å²) in [6.07, 6.45) is 1.67. The van der Waals surface area contributed by atoms with Crippen molar-refractivity contribution in [1.82, 2.24) is 14.5 Å². The molecule has 3 aromatic rings. The molecule has 96 valence electrons. The predicted octanol–water partition coefficient (Wildman–Crippen LogP) is 3.10. The summed E-state index contributed by atoms with van der Waals surface area (Å²) in [7, 11) is 0. The van der Waals surface area contributed by atoms with Gasteiger partial charge in [0.1, 0.15) is 11.3 Å². The molecule has 0 amide bonds. The summed E-state index contributed by atoms with van der Waals surface area (Å²) in [5.74, 6) is -0.133. The molecule has 0 unspecified atom stereocenters. The maximum atomic E-state index is 13.1. The number of nitrogen functional groups attached to an aromatic ring is 1. The summed E-state index contributed by atoms with van der Waals surface area (Å²) in [5, 5.41) is 0.259. The Labute approximate surface area is 113 Å². The number of aromatic nitrogens is 3. The minimum absolute atomic E-state index is 0.259. The van der Waals surface area contributed by atoms with E-state index in [0.29, 0.717) is 16.9 Å². The van der Waals surface area contributed by atoms with Gasteiger partial charge in [0.2, 0.25) is 5.95 Å². The van der Waals surface area contributed by atoms with Crippen LogP contribution in [0.4, 0.5) is 10.3 Å². The van der Waals surface area contributed by atoms with Gasteiger partial charge in [-0.2, -0.15) is 0 Å². The Morgan fingerprint density at radius 2 is 2.11 bits per heavy atom. The number of hydrogen-bond donors (Lipinski definition) is 1. The number of nitrogens with zero attached hydrogens (tertiary/aromatic N) is 3. The summed E-state index contributed by atoms with van der Waals surface area (Å²) >= 11 is 6.06.